The van der Waals surface area contributed by atoms with E-state index in [1.165, 1.54) is 38.5 Å². The highest BCUT2D eigenvalue weighted by atomic mass is 15.3. The van der Waals surface area contributed by atoms with Gasteiger partial charge in [0.1, 0.15) is 11.6 Å². The molecule has 108 valence electrons. The van der Waals surface area contributed by atoms with Crippen LogP contribution in [-0.2, 0) is 0 Å². The molecular formula is C15H23N5. The molecule has 2 heterocycles. The van der Waals surface area contributed by atoms with E-state index in [4.69, 9.17) is 0 Å². The average molecular weight is 273 g/mol. The Kier molecular flexibility index (Phi) is 3.85. The molecule has 1 aliphatic rings. The smallest absolute Gasteiger partial charge is 0.163 e. The number of rotatable bonds is 3. The molecule has 0 saturated heterocycles. The van der Waals surface area contributed by atoms with Crippen molar-refractivity contribution >= 4 is 16.9 Å². The largest absolute Gasteiger partial charge is 0.370 e. The molecule has 1 N–H and O–H groups in total. The molecule has 0 spiro atoms. The summed E-state index contributed by atoms with van der Waals surface area (Å²) in [6, 6.07) is 0.499. The van der Waals surface area contributed by atoms with Gasteiger partial charge in [-0.1, -0.05) is 25.7 Å². The van der Waals surface area contributed by atoms with E-state index in [0.29, 0.717) is 6.04 Å². The fourth-order valence-electron chi connectivity index (χ4n) is 3.11. The lowest BCUT2D eigenvalue weighted by Crippen LogP contribution is -2.11. The maximum Gasteiger partial charge on any atom is 0.163 e. The van der Waals surface area contributed by atoms with Crippen LogP contribution in [0.25, 0.3) is 11.0 Å². The van der Waals surface area contributed by atoms with Crippen molar-refractivity contribution in [2.45, 2.75) is 58.4 Å². The highest BCUT2D eigenvalue weighted by Gasteiger charge is 2.19. The van der Waals surface area contributed by atoms with Gasteiger partial charge in [-0.05, 0) is 26.7 Å². The van der Waals surface area contributed by atoms with Gasteiger partial charge in [0.05, 0.1) is 17.6 Å². The van der Waals surface area contributed by atoms with Crippen LogP contribution in [0.2, 0.25) is 0 Å². The minimum absolute atomic E-state index is 0.499. The average Bonchev–Trinajstić information content (AvgIpc) is 2.68. The standard InChI is InChI=1S/C15H23N5/c1-3-16-14-13-10-17-20(15(13)19-11(2)18-14)12-8-6-4-5-7-9-12/h10,12H,3-9H2,1-2H3,(H,16,18,19). The first-order valence-electron chi connectivity index (χ1n) is 7.75. The van der Waals surface area contributed by atoms with Gasteiger partial charge in [0, 0.05) is 6.54 Å². The summed E-state index contributed by atoms with van der Waals surface area (Å²) in [6.07, 6.45) is 9.66. The summed E-state index contributed by atoms with van der Waals surface area (Å²) >= 11 is 0. The zero-order chi connectivity index (χ0) is 13.9. The van der Waals surface area contributed by atoms with Crippen LogP contribution in [0, 0.1) is 6.92 Å². The van der Waals surface area contributed by atoms with Crippen molar-refractivity contribution in [3.63, 3.8) is 0 Å². The van der Waals surface area contributed by atoms with Crippen molar-refractivity contribution in [2.24, 2.45) is 0 Å². The third-order valence-corrected chi connectivity index (χ3v) is 4.08. The second-order valence-corrected chi connectivity index (χ2v) is 5.62. The fraction of sp³-hybridized carbons (Fsp3) is 0.667. The summed E-state index contributed by atoms with van der Waals surface area (Å²) in [7, 11) is 0. The van der Waals surface area contributed by atoms with Gasteiger partial charge >= 0.3 is 0 Å². The van der Waals surface area contributed by atoms with Crippen LogP contribution in [0.5, 0.6) is 0 Å². The minimum atomic E-state index is 0.499. The second kappa shape index (κ2) is 5.77. The SMILES string of the molecule is CCNc1nc(C)nc2c1cnn2C1CCCCCC1. The molecule has 1 saturated carbocycles. The molecule has 0 aliphatic heterocycles. The number of aryl methyl sites for hydroxylation is 1. The van der Waals surface area contributed by atoms with Gasteiger partial charge in [-0.2, -0.15) is 5.10 Å². The maximum absolute atomic E-state index is 4.63. The van der Waals surface area contributed by atoms with E-state index in [9.17, 15) is 0 Å². The minimum Gasteiger partial charge on any atom is -0.370 e. The molecule has 2 aromatic heterocycles. The predicted molar refractivity (Wildman–Crippen MR) is 81.0 cm³/mol. The first-order valence-corrected chi connectivity index (χ1v) is 7.75. The number of anilines is 1. The topological polar surface area (TPSA) is 55.6 Å². The molecular weight excluding hydrogens is 250 g/mol. The van der Waals surface area contributed by atoms with Crippen molar-refractivity contribution in [1.29, 1.82) is 0 Å². The molecule has 0 radical (unpaired) electrons. The first-order chi connectivity index (χ1) is 9.79. The van der Waals surface area contributed by atoms with Crippen molar-refractivity contribution in [3.05, 3.63) is 12.0 Å². The van der Waals surface area contributed by atoms with Crippen LogP contribution in [-0.4, -0.2) is 26.3 Å². The highest BCUT2D eigenvalue weighted by Crippen LogP contribution is 2.30. The number of hydrogen-bond donors (Lipinski definition) is 1. The van der Waals surface area contributed by atoms with Crippen LogP contribution >= 0.6 is 0 Å². The van der Waals surface area contributed by atoms with Crippen LogP contribution in [0.3, 0.4) is 0 Å². The van der Waals surface area contributed by atoms with Gasteiger partial charge < -0.3 is 5.32 Å². The number of aromatic nitrogens is 4. The molecule has 0 aromatic carbocycles. The van der Waals surface area contributed by atoms with Crippen LogP contribution in [0.1, 0.15) is 57.3 Å². The number of nitrogens with zero attached hydrogens (tertiary/aromatic N) is 4. The summed E-state index contributed by atoms with van der Waals surface area (Å²) in [4.78, 5) is 9.13. The van der Waals surface area contributed by atoms with Crippen LogP contribution < -0.4 is 5.32 Å². The molecule has 3 rings (SSSR count). The van der Waals surface area contributed by atoms with E-state index >= 15 is 0 Å². The van der Waals surface area contributed by atoms with Gasteiger partial charge in [0.2, 0.25) is 0 Å². The lowest BCUT2D eigenvalue weighted by molar-refractivity contribution is 0.414. The predicted octanol–water partition coefficient (Wildman–Crippen LogP) is 3.46. The third-order valence-electron chi connectivity index (χ3n) is 4.08. The van der Waals surface area contributed by atoms with E-state index in [1.54, 1.807) is 0 Å². The molecule has 1 aliphatic carbocycles. The highest BCUT2D eigenvalue weighted by molar-refractivity contribution is 5.86. The van der Waals surface area contributed by atoms with Crippen molar-refractivity contribution in [3.8, 4) is 0 Å². The van der Waals surface area contributed by atoms with Gasteiger partial charge in [-0.3, -0.25) is 0 Å². The molecule has 20 heavy (non-hydrogen) atoms. The third kappa shape index (κ3) is 2.49. The van der Waals surface area contributed by atoms with Gasteiger partial charge in [0.15, 0.2) is 5.65 Å². The van der Waals surface area contributed by atoms with Gasteiger partial charge in [-0.15, -0.1) is 0 Å². The molecule has 1 fully saturated rings. The second-order valence-electron chi connectivity index (χ2n) is 5.62. The van der Waals surface area contributed by atoms with E-state index < -0.39 is 0 Å². The lowest BCUT2D eigenvalue weighted by Gasteiger charge is -2.15. The monoisotopic (exact) mass is 273 g/mol. The van der Waals surface area contributed by atoms with E-state index in [1.807, 2.05) is 13.1 Å². The Morgan fingerprint density at radius 2 is 1.95 bits per heavy atom. The Bertz CT molecular complexity index is 581. The number of fused-ring (bicyclic) bond motifs is 1. The number of nitrogens with one attached hydrogen (secondary N) is 1. The van der Waals surface area contributed by atoms with E-state index in [-0.39, 0.29) is 0 Å². The normalized spacial score (nSPS) is 17.3. The first kappa shape index (κ1) is 13.3. The molecule has 0 amide bonds. The molecule has 2 aromatic rings. The van der Waals surface area contributed by atoms with E-state index in [0.717, 1.165) is 29.2 Å². The zero-order valence-electron chi connectivity index (χ0n) is 12.4. The Labute approximate surface area is 119 Å². The summed E-state index contributed by atoms with van der Waals surface area (Å²) < 4.78 is 2.14. The Morgan fingerprint density at radius 3 is 2.65 bits per heavy atom. The lowest BCUT2D eigenvalue weighted by atomic mass is 10.1. The van der Waals surface area contributed by atoms with Crippen molar-refractivity contribution < 1.29 is 0 Å². The van der Waals surface area contributed by atoms with Crippen molar-refractivity contribution in [1.82, 2.24) is 19.7 Å². The Hall–Kier alpha value is -1.65. The van der Waals surface area contributed by atoms with E-state index in [2.05, 4.69) is 32.0 Å². The molecule has 0 bridgehead atoms. The maximum atomic E-state index is 4.63. The summed E-state index contributed by atoms with van der Waals surface area (Å²) in [5, 5.41) is 8.98. The quantitative estimate of drug-likeness (QED) is 0.870. The van der Waals surface area contributed by atoms with Crippen molar-refractivity contribution in [2.75, 3.05) is 11.9 Å². The van der Waals surface area contributed by atoms with Gasteiger partial charge in [0.25, 0.3) is 0 Å². The number of hydrogen-bond acceptors (Lipinski definition) is 4. The molecule has 5 heteroatoms. The van der Waals surface area contributed by atoms with Crippen LogP contribution in [0.15, 0.2) is 6.20 Å². The molecule has 5 nitrogen and oxygen atoms in total. The molecule has 0 atom stereocenters. The summed E-state index contributed by atoms with van der Waals surface area (Å²) in [5.41, 5.74) is 0.986. The van der Waals surface area contributed by atoms with Gasteiger partial charge in [-0.25, -0.2) is 14.6 Å². The zero-order valence-corrected chi connectivity index (χ0v) is 12.4. The Morgan fingerprint density at radius 1 is 1.20 bits per heavy atom. The molecule has 0 unspecified atom stereocenters. The fourth-order valence-corrected chi connectivity index (χ4v) is 3.11. The Balaban J connectivity index is 2.03. The van der Waals surface area contributed by atoms with Crippen LogP contribution in [0.4, 0.5) is 5.82 Å². The summed E-state index contributed by atoms with van der Waals surface area (Å²) in [5.74, 6) is 1.72. The summed E-state index contributed by atoms with van der Waals surface area (Å²) in [6.45, 7) is 4.89.